The zero-order chi connectivity index (χ0) is 12.1. The summed E-state index contributed by atoms with van der Waals surface area (Å²) in [6.45, 7) is 5.88. The van der Waals surface area contributed by atoms with Crippen LogP contribution in [0, 0.1) is 17.8 Å². The van der Waals surface area contributed by atoms with Gasteiger partial charge in [0.1, 0.15) is 5.78 Å². The summed E-state index contributed by atoms with van der Waals surface area (Å²) >= 11 is 0. The first-order valence-electron chi connectivity index (χ1n) is 6.17. The number of rotatable bonds is 4. The molecule has 0 atom stereocenters. The van der Waals surface area contributed by atoms with Gasteiger partial charge in [-0.2, -0.15) is 0 Å². The first-order chi connectivity index (χ1) is 7.50. The van der Waals surface area contributed by atoms with Gasteiger partial charge in [0.05, 0.1) is 12.5 Å². The van der Waals surface area contributed by atoms with Crippen LogP contribution in [-0.4, -0.2) is 18.4 Å². The molecular formula is C13H22O3. The lowest BCUT2D eigenvalue weighted by atomic mass is 9.81. The Labute approximate surface area is 97.5 Å². The van der Waals surface area contributed by atoms with Gasteiger partial charge in [0, 0.05) is 5.92 Å². The average Bonchev–Trinajstić information content (AvgIpc) is 2.26. The van der Waals surface area contributed by atoms with Gasteiger partial charge in [-0.05, 0) is 38.5 Å². The van der Waals surface area contributed by atoms with Gasteiger partial charge in [-0.3, -0.25) is 9.59 Å². The predicted octanol–water partition coefficient (Wildman–Crippen LogP) is 2.58. The van der Waals surface area contributed by atoms with E-state index in [1.165, 1.54) is 0 Å². The summed E-state index contributed by atoms with van der Waals surface area (Å²) in [6.07, 6.45) is 3.93. The van der Waals surface area contributed by atoms with Crippen molar-refractivity contribution in [3.05, 3.63) is 0 Å². The summed E-state index contributed by atoms with van der Waals surface area (Å²) < 4.78 is 5.21. The van der Waals surface area contributed by atoms with Crippen LogP contribution in [0.2, 0.25) is 0 Å². The summed E-state index contributed by atoms with van der Waals surface area (Å²) in [5.41, 5.74) is 0. The molecule has 0 aromatic heterocycles. The van der Waals surface area contributed by atoms with E-state index in [1.807, 2.05) is 13.8 Å². The van der Waals surface area contributed by atoms with E-state index in [9.17, 15) is 9.59 Å². The third-order valence-corrected chi connectivity index (χ3v) is 3.35. The molecule has 1 aliphatic carbocycles. The molecule has 3 heteroatoms. The third kappa shape index (κ3) is 3.95. The minimum Gasteiger partial charge on any atom is -0.465 e. The van der Waals surface area contributed by atoms with Gasteiger partial charge < -0.3 is 4.74 Å². The van der Waals surface area contributed by atoms with Gasteiger partial charge >= 0.3 is 5.97 Å². The molecule has 1 saturated carbocycles. The van der Waals surface area contributed by atoms with Crippen molar-refractivity contribution in [3.63, 3.8) is 0 Å². The molecule has 0 unspecified atom stereocenters. The largest absolute Gasteiger partial charge is 0.465 e. The van der Waals surface area contributed by atoms with Crippen molar-refractivity contribution in [2.75, 3.05) is 6.61 Å². The van der Waals surface area contributed by atoms with E-state index >= 15 is 0 Å². The number of Topliss-reactive ketones (excluding diaryl/α,β-unsaturated/α-hetero) is 1. The smallest absolute Gasteiger partial charge is 0.308 e. The second-order valence-electron chi connectivity index (χ2n) is 5.11. The minimum atomic E-state index is -0.117. The number of carbonyl (C=O) groups excluding carboxylic acids is 2. The van der Waals surface area contributed by atoms with Crippen LogP contribution in [0.4, 0.5) is 0 Å². The molecule has 0 heterocycles. The van der Waals surface area contributed by atoms with Crippen LogP contribution >= 0.6 is 0 Å². The van der Waals surface area contributed by atoms with Crippen molar-refractivity contribution in [2.24, 2.45) is 17.8 Å². The van der Waals surface area contributed by atoms with Crippen LogP contribution < -0.4 is 0 Å². The Balaban J connectivity index is 2.22. The van der Waals surface area contributed by atoms with E-state index < -0.39 is 0 Å². The number of esters is 1. The molecule has 1 aliphatic rings. The van der Waals surface area contributed by atoms with Crippen molar-refractivity contribution < 1.29 is 14.3 Å². The standard InChI is InChI=1S/C13H22O3/c1-9(2)13(15)16-8-11-4-6-12(7-5-11)10(3)14/h9,11-12H,4-8H2,1-3H3. The van der Waals surface area contributed by atoms with E-state index in [1.54, 1.807) is 6.92 Å². The van der Waals surface area contributed by atoms with Crippen molar-refractivity contribution in [1.29, 1.82) is 0 Å². The molecule has 0 N–H and O–H groups in total. The van der Waals surface area contributed by atoms with E-state index in [0.717, 1.165) is 25.7 Å². The fourth-order valence-electron chi connectivity index (χ4n) is 2.10. The molecule has 3 nitrogen and oxygen atoms in total. The summed E-state index contributed by atoms with van der Waals surface area (Å²) in [5.74, 6) is 0.843. The maximum absolute atomic E-state index is 11.3. The topological polar surface area (TPSA) is 43.4 Å². The fourth-order valence-corrected chi connectivity index (χ4v) is 2.10. The number of carbonyl (C=O) groups is 2. The number of hydrogen-bond donors (Lipinski definition) is 0. The Morgan fingerprint density at radius 1 is 1.19 bits per heavy atom. The normalized spacial score (nSPS) is 25.5. The Morgan fingerprint density at radius 2 is 1.75 bits per heavy atom. The molecule has 1 rings (SSSR count). The lowest BCUT2D eigenvalue weighted by Gasteiger charge is -2.26. The fraction of sp³-hybridized carbons (Fsp3) is 0.846. The molecular weight excluding hydrogens is 204 g/mol. The Kier molecular flexibility index (Phi) is 4.97. The number of ketones is 1. The van der Waals surface area contributed by atoms with Crippen LogP contribution in [0.15, 0.2) is 0 Å². The van der Waals surface area contributed by atoms with Crippen molar-refractivity contribution in [2.45, 2.75) is 46.5 Å². The minimum absolute atomic E-state index is 0.0476. The molecule has 1 fully saturated rings. The maximum Gasteiger partial charge on any atom is 0.308 e. The van der Waals surface area contributed by atoms with Crippen LogP contribution in [0.1, 0.15) is 46.5 Å². The Hall–Kier alpha value is -0.860. The summed E-state index contributed by atoms with van der Waals surface area (Å²) in [7, 11) is 0. The molecule has 92 valence electrons. The van der Waals surface area contributed by atoms with Gasteiger partial charge in [0.25, 0.3) is 0 Å². The molecule has 0 aromatic rings. The quantitative estimate of drug-likeness (QED) is 0.692. The zero-order valence-corrected chi connectivity index (χ0v) is 10.5. The molecule has 0 saturated heterocycles. The van der Waals surface area contributed by atoms with E-state index in [4.69, 9.17) is 4.74 Å². The Morgan fingerprint density at radius 3 is 2.19 bits per heavy atom. The average molecular weight is 226 g/mol. The van der Waals surface area contributed by atoms with Gasteiger partial charge in [-0.25, -0.2) is 0 Å². The van der Waals surface area contributed by atoms with Crippen LogP contribution in [0.3, 0.4) is 0 Å². The SMILES string of the molecule is CC(=O)C1CCC(COC(=O)C(C)C)CC1. The van der Waals surface area contributed by atoms with Crippen LogP contribution in [0.25, 0.3) is 0 Å². The zero-order valence-electron chi connectivity index (χ0n) is 10.5. The Bertz CT molecular complexity index is 250. The van der Waals surface area contributed by atoms with Gasteiger partial charge in [0.15, 0.2) is 0 Å². The molecule has 0 radical (unpaired) electrons. The summed E-state index contributed by atoms with van der Waals surface area (Å²) in [4.78, 5) is 22.5. The van der Waals surface area contributed by atoms with Gasteiger partial charge in [-0.15, -0.1) is 0 Å². The lowest BCUT2D eigenvalue weighted by molar-refractivity contribution is -0.149. The molecule has 0 amide bonds. The van der Waals surface area contributed by atoms with Crippen molar-refractivity contribution in [1.82, 2.24) is 0 Å². The predicted molar refractivity (Wildman–Crippen MR) is 61.9 cm³/mol. The molecule has 0 aliphatic heterocycles. The lowest BCUT2D eigenvalue weighted by Crippen LogP contribution is -2.24. The van der Waals surface area contributed by atoms with Crippen LogP contribution in [-0.2, 0) is 14.3 Å². The highest BCUT2D eigenvalue weighted by Gasteiger charge is 2.24. The molecule has 0 aromatic carbocycles. The monoisotopic (exact) mass is 226 g/mol. The van der Waals surface area contributed by atoms with Crippen LogP contribution in [0.5, 0.6) is 0 Å². The second kappa shape index (κ2) is 6.02. The second-order valence-corrected chi connectivity index (χ2v) is 5.11. The van der Waals surface area contributed by atoms with E-state index in [0.29, 0.717) is 18.3 Å². The molecule has 16 heavy (non-hydrogen) atoms. The van der Waals surface area contributed by atoms with Crippen molar-refractivity contribution in [3.8, 4) is 0 Å². The highest BCUT2D eigenvalue weighted by atomic mass is 16.5. The third-order valence-electron chi connectivity index (χ3n) is 3.35. The van der Waals surface area contributed by atoms with E-state index in [2.05, 4.69) is 0 Å². The van der Waals surface area contributed by atoms with Crippen molar-refractivity contribution >= 4 is 11.8 Å². The molecule has 0 spiro atoms. The first kappa shape index (κ1) is 13.2. The van der Waals surface area contributed by atoms with Gasteiger partial charge in [0.2, 0.25) is 0 Å². The summed E-state index contributed by atoms with van der Waals surface area (Å²) in [6, 6.07) is 0. The summed E-state index contributed by atoms with van der Waals surface area (Å²) in [5, 5.41) is 0. The van der Waals surface area contributed by atoms with Gasteiger partial charge in [-0.1, -0.05) is 13.8 Å². The highest BCUT2D eigenvalue weighted by molar-refractivity contribution is 5.78. The maximum atomic E-state index is 11.3. The number of hydrogen-bond acceptors (Lipinski definition) is 3. The first-order valence-corrected chi connectivity index (χ1v) is 6.17. The highest BCUT2D eigenvalue weighted by Crippen LogP contribution is 2.29. The molecule has 0 bridgehead atoms. The number of ether oxygens (including phenoxy) is 1. The van der Waals surface area contributed by atoms with E-state index in [-0.39, 0.29) is 17.8 Å².